The number of benzene rings is 2. The Hall–Kier alpha value is -3.08. The average Bonchev–Trinajstić information content (AvgIpc) is 2.96. The first-order valence-corrected chi connectivity index (χ1v) is 10.2. The summed E-state index contributed by atoms with van der Waals surface area (Å²) in [5.41, 5.74) is 3.34. The molecule has 0 aromatic heterocycles. The monoisotopic (exact) mass is 406 g/mol. The van der Waals surface area contributed by atoms with Crippen molar-refractivity contribution in [2.45, 2.75) is 45.3 Å². The fourth-order valence-corrected chi connectivity index (χ4v) is 3.62. The standard InChI is InChI=1S/C25H30N2O3/c1-25(2,3)30-24(29)27-22(16-21(23(27)28)17-26(4)5)15-18-11-13-20(14-12-18)19-9-7-6-8-10-19/h6-14,17,22H,15-16H2,1-5H3/b21-17-. The number of imide groups is 1. The van der Waals surface area contributed by atoms with Gasteiger partial charge in [-0.25, -0.2) is 9.69 Å². The summed E-state index contributed by atoms with van der Waals surface area (Å²) in [6.45, 7) is 5.41. The van der Waals surface area contributed by atoms with Crippen LogP contribution in [-0.2, 0) is 16.0 Å². The van der Waals surface area contributed by atoms with Gasteiger partial charge in [0.25, 0.3) is 5.91 Å². The van der Waals surface area contributed by atoms with Gasteiger partial charge in [-0.05, 0) is 43.9 Å². The smallest absolute Gasteiger partial charge is 0.417 e. The summed E-state index contributed by atoms with van der Waals surface area (Å²) >= 11 is 0. The first kappa shape index (κ1) is 21.6. The Bertz CT molecular complexity index is 925. The van der Waals surface area contributed by atoms with Gasteiger partial charge in [0.15, 0.2) is 0 Å². The highest BCUT2D eigenvalue weighted by Crippen LogP contribution is 2.29. The number of nitrogens with zero attached hydrogens (tertiary/aromatic N) is 2. The number of likely N-dealkylation sites (tertiary alicyclic amines) is 1. The highest BCUT2D eigenvalue weighted by Gasteiger charge is 2.41. The Morgan fingerprint density at radius 3 is 2.23 bits per heavy atom. The first-order chi connectivity index (χ1) is 14.1. The Kier molecular flexibility index (Phi) is 6.30. The van der Waals surface area contributed by atoms with E-state index in [1.165, 1.54) is 4.90 Å². The lowest BCUT2D eigenvalue weighted by Crippen LogP contribution is -2.43. The zero-order valence-corrected chi connectivity index (χ0v) is 18.4. The minimum Gasteiger partial charge on any atom is -0.443 e. The predicted octanol–water partition coefficient (Wildman–Crippen LogP) is 4.88. The number of ether oxygens (including phenoxy) is 1. The van der Waals surface area contributed by atoms with Crippen LogP contribution in [-0.4, -0.2) is 47.5 Å². The molecule has 0 bridgehead atoms. The van der Waals surface area contributed by atoms with Gasteiger partial charge >= 0.3 is 6.09 Å². The maximum absolute atomic E-state index is 12.9. The summed E-state index contributed by atoms with van der Waals surface area (Å²) in [5, 5.41) is 0. The van der Waals surface area contributed by atoms with Gasteiger partial charge in [-0.1, -0.05) is 54.6 Å². The van der Waals surface area contributed by atoms with Crippen molar-refractivity contribution in [2.75, 3.05) is 14.1 Å². The first-order valence-electron chi connectivity index (χ1n) is 10.2. The van der Waals surface area contributed by atoms with E-state index in [4.69, 9.17) is 4.74 Å². The molecule has 3 rings (SSSR count). The van der Waals surface area contributed by atoms with Crippen molar-refractivity contribution >= 4 is 12.0 Å². The van der Waals surface area contributed by atoms with Gasteiger partial charge in [0.2, 0.25) is 0 Å². The van der Waals surface area contributed by atoms with Crippen LogP contribution in [0.1, 0.15) is 32.8 Å². The number of carbonyl (C=O) groups is 2. The van der Waals surface area contributed by atoms with E-state index >= 15 is 0 Å². The quantitative estimate of drug-likeness (QED) is 0.679. The van der Waals surface area contributed by atoms with E-state index in [1.54, 1.807) is 27.0 Å². The van der Waals surface area contributed by atoms with Crippen LogP contribution < -0.4 is 0 Å². The van der Waals surface area contributed by atoms with E-state index in [9.17, 15) is 9.59 Å². The molecule has 5 heteroatoms. The lowest BCUT2D eigenvalue weighted by molar-refractivity contribution is -0.125. The number of carbonyl (C=O) groups excluding carboxylic acids is 2. The molecule has 1 heterocycles. The molecule has 2 amide bonds. The lowest BCUT2D eigenvalue weighted by atomic mass is 9.99. The van der Waals surface area contributed by atoms with Crippen LogP contribution in [0, 0.1) is 0 Å². The maximum Gasteiger partial charge on any atom is 0.417 e. The third-order valence-electron chi connectivity index (χ3n) is 4.85. The average molecular weight is 407 g/mol. The Labute approximate surface area is 178 Å². The van der Waals surface area contributed by atoms with Crippen LogP contribution >= 0.6 is 0 Å². The summed E-state index contributed by atoms with van der Waals surface area (Å²) in [5.74, 6) is -0.274. The molecule has 0 spiro atoms. The zero-order chi connectivity index (χ0) is 21.9. The van der Waals surface area contributed by atoms with Crippen LogP contribution in [0.4, 0.5) is 4.79 Å². The molecule has 2 aromatic rings. The normalized spacial score (nSPS) is 18.0. The van der Waals surface area contributed by atoms with Crippen LogP contribution in [0.15, 0.2) is 66.4 Å². The Morgan fingerprint density at radius 1 is 1.07 bits per heavy atom. The summed E-state index contributed by atoms with van der Waals surface area (Å²) in [6.07, 6.45) is 2.31. The second kappa shape index (κ2) is 8.74. The molecule has 1 aliphatic heterocycles. The molecule has 1 saturated heterocycles. The topological polar surface area (TPSA) is 49.9 Å². The molecule has 1 unspecified atom stereocenters. The molecular weight excluding hydrogens is 376 g/mol. The summed E-state index contributed by atoms with van der Waals surface area (Å²) < 4.78 is 5.52. The molecule has 0 radical (unpaired) electrons. The Morgan fingerprint density at radius 2 is 1.67 bits per heavy atom. The second-order valence-corrected chi connectivity index (χ2v) is 8.90. The molecule has 158 valence electrons. The number of hydrogen-bond donors (Lipinski definition) is 0. The second-order valence-electron chi connectivity index (χ2n) is 8.90. The lowest BCUT2D eigenvalue weighted by Gasteiger charge is -2.27. The maximum atomic E-state index is 12.9. The number of rotatable bonds is 4. The van der Waals surface area contributed by atoms with E-state index < -0.39 is 11.7 Å². The molecular formula is C25H30N2O3. The fraction of sp³-hybridized carbons (Fsp3) is 0.360. The van der Waals surface area contributed by atoms with E-state index in [2.05, 4.69) is 36.4 Å². The van der Waals surface area contributed by atoms with E-state index in [1.807, 2.05) is 37.2 Å². The van der Waals surface area contributed by atoms with Gasteiger partial charge in [-0.2, -0.15) is 0 Å². The Balaban J connectivity index is 1.82. The highest BCUT2D eigenvalue weighted by molar-refractivity contribution is 6.05. The van der Waals surface area contributed by atoms with Gasteiger partial charge in [0, 0.05) is 32.3 Å². The van der Waals surface area contributed by atoms with Gasteiger partial charge in [-0.3, -0.25) is 4.79 Å². The SMILES string of the molecule is CN(C)/C=C1/CC(Cc2ccc(-c3ccccc3)cc2)N(C(=O)OC(C)(C)C)C1=O. The van der Waals surface area contributed by atoms with Crippen molar-refractivity contribution in [1.29, 1.82) is 0 Å². The van der Waals surface area contributed by atoms with Gasteiger partial charge in [0.05, 0.1) is 6.04 Å². The van der Waals surface area contributed by atoms with Crippen molar-refractivity contribution < 1.29 is 14.3 Å². The molecule has 30 heavy (non-hydrogen) atoms. The van der Waals surface area contributed by atoms with Crippen molar-refractivity contribution in [2.24, 2.45) is 0 Å². The molecule has 0 saturated carbocycles. The van der Waals surface area contributed by atoms with Crippen LogP contribution in [0.5, 0.6) is 0 Å². The van der Waals surface area contributed by atoms with Crippen molar-refractivity contribution in [3.8, 4) is 11.1 Å². The van der Waals surface area contributed by atoms with Crippen molar-refractivity contribution in [1.82, 2.24) is 9.80 Å². The van der Waals surface area contributed by atoms with Crippen LogP contribution in [0.3, 0.4) is 0 Å². The minimum atomic E-state index is -0.659. The number of amides is 2. The van der Waals surface area contributed by atoms with E-state index in [-0.39, 0.29) is 11.9 Å². The van der Waals surface area contributed by atoms with Crippen LogP contribution in [0.25, 0.3) is 11.1 Å². The third-order valence-corrected chi connectivity index (χ3v) is 4.85. The molecule has 0 aliphatic carbocycles. The van der Waals surface area contributed by atoms with Crippen LogP contribution in [0.2, 0.25) is 0 Å². The molecule has 1 atom stereocenters. The van der Waals surface area contributed by atoms with Crippen molar-refractivity contribution in [3.63, 3.8) is 0 Å². The van der Waals surface area contributed by atoms with E-state index in [0.29, 0.717) is 18.4 Å². The summed E-state index contributed by atoms with van der Waals surface area (Å²) in [7, 11) is 3.74. The largest absolute Gasteiger partial charge is 0.443 e. The molecule has 2 aromatic carbocycles. The molecule has 5 nitrogen and oxygen atoms in total. The van der Waals surface area contributed by atoms with Gasteiger partial charge in [-0.15, -0.1) is 0 Å². The fourth-order valence-electron chi connectivity index (χ4n) is 3.62. The van der Waals surface area contributed by atoms with E-state index in [0.717, 1.165) is 16.7 Å². The third kappa shape index (κ3) is 5.29. The highest BCUT2D eigenvalue weighted by atomic mass is 16.6. The van der Waals surface area contributed by atoms with Crippen molar-refractivity contribution in [3.05, 3.63) is 71.9 Å². The summed E-state index contributed by atoms with van der Waals surface area (Å²) in [4.78, 5) is 28.8. The van der Waals surface area contributed by atoms with Gasteiger partial charge < -0.3 is 9.64 Å². The zero-order valence-electron chi connectivity index (χ0n) is 18.4. The summed E-state index contributed by atoms with van der Waals surface area (Å²) in [6, 6.07) is 18.2. The molecule has 0 N–H and O–H groups in total. The number of hydrogen-bond acceptors (Lipinski definition) is 4. The molecule has 1 fully saturated rings. The minimum absolute atomic E-state index is 0.263. The predicted molar refractivity (Wildman–Crippen MR) is 119 cm³/mol. The molecule has 1 aliphatic rings. The van der Waals surface area contributed by atoms with Gasteiger partial charge in [0.1, 0.15) is 5.60 Å².